The Labute approximate surface area is 102 Å². The van der Waals surface area contributed by atoms with Gasteiger partial charge in [-0.2, -0.15) is 0 Å². The maximum absolute atomic E-state index is 5.98. The van der Waals surface area contributed by atoms with Crippen LogP contribution in [0.4, 0.5) is 5.69 Å². The number of H-pyrrole nitrogens is 1. The Morgan fingerprint density at radius 1 is 1.33 bits per heavy atom. The highest BCUT2D eigenvalue weighted by atomic mass is 79.9. The minimum absolute atomic E-state index is 0.714. The van der Waals surface area contributed by atoms with Gasteiger partial charge in [-0.05, 0) is 46.3 Å². The monoisotopic (exact) mass is 284 g/mol. The van der Waals surface area contributed by atoms with Gasteiger partial charge >= 0.3 is 0 Å². The van der Waals surface area contributed by atoms with E-state index in [1.54, 1.807) is 0 Å². The maximum atomic E-state index is 5.98. The molecule has 4 heteroatoms. The van der Waals surface area contributed by atoms with Crippen molar-refractivity contribution in [2.45, 2.75) is 6.54 Å². The zero-order valence-electron chi connectivity index (χ0n) is 7.93. The summed E-state index contributed by atoms with van der Waals surface area (Å²) >= 11 is 9.33. The lowest BCUT2D eigenvalue weighted by Gasteiger charge is -2.06. The molecule has 0 aliphatic carbocycles. The van der Waals surface area contributed by atoms with Crippen molar-refractivity contribution in [1.82, 2.24) is 4.98 Å². The van der Waals surface area contributed by atoms with Gasteiger partial charge in [-0.25, -0.2) is 0 Å². The van der Waals surface area contributed by atoms with Crippen molar-refractivity contribution in [2.75, 3.05) is 5.32 Å². The van der Waals surface area contributed by atoms with Gasteiger partial charge in [-0.3, -0.25) is 0 Å². The Kier molecular flexibility index (Phi) is 3.34. The minimum Gasteiger partial charge on any atom is -0.379 e. The normalized spacial score (nSPS) is 10.3. The van der Waals surface area contributed by atoms with Crippen molar-refractivity contribution in [3.05, 3.63) is 51.7 Å². The Balaban J connectivity index is 2.02. The molecule has 1 aromatic carbocycles. The topological polar surface area (TPSA) is 27.8 Å². The third-order valence-corrected chi connectivity index (χ3v) is 3.30. The summed E-state index contributed by atoms with van der Waals surface area (Å²) in [5, 5.41) is 3.99. The summed E-state index contributed by atoms with van der Waals surface area (Å²) in [5.41, 5.74) is 2.16. The van der Waals surface area contributed by atoms with Crippen LogP contribution in [-0.4, -0.2) is 4.98 Å². The molecule has 15 heavy (non-hydrogen) atoms. The van der Waals surface area contributed by atoms with Crippen LogP contribution in [0.3, 0.4) is 0 Å². The smallest absolute Gasteiger partial charge is 0.0568 e. The van der Waals surface area contributed by atoms with E-state index in [-0.39, 0.29) is 0 Å². The predicted octanol–water partition coefficient (Wildman–Crippen LogP) is 4.04. The lowest BCUT2D eigenvalue weighted by molar-refractivity contribution is 1.07. The second kappa shape index (κ2) is 4.73. The number of hydrogen-bond acceptors (Lipinski definition) is 1. The Morgan fingerprint density at radius 2 is 2.20 bits per heavy atom. The Hall–Kier alpha value is -0.930. The quantitative estimate of drug-likeness (QED) is 0.875. The largest absolute Gasteiger partial charge is 0.379 e. The highest BCUT2D eigenvalue weighted by molar-refractivity contribution is 9.10. The first-order valence-corrected chi connectivity index (χ1v) is 5.74. The minimum atomic E-state index is 0.714. The number of nitrogens with one attached hydrogen (secondary N) is 2. The molecular formula is C11H10BrClN2. The molecule has 0 spiro atoms. The molecule has 0 aliphatic heterocycles. The van der Waals surface area contributed by atoms with Crippen molar-refractivity contribution >= 4 is 33.2 Å². The zero-order valence-corrected chi connectivity index (χ0v) is 10.3. The van der Waals surface area contributed by atoms with E-state index in [0.717, 1.165) is 22.4 Å². The molecular weight excluding hydrogens is 275 g/mol. The Bertz CT molecular complexity index is 440. The number of benzene rings is 1. The average Bonchev–Trinajstić information content (AvgIpc) is 2.73. The summed E-state index contributed by atoms with van der Waals surface area (Å²) < 4.78 is 0.912. The van der Waals surface area contributed by atoms with E-state index in [2.05, 4.69) is 26.2 Å². The van der Waals surface area contributed by atoms with E-state index in [4.69, 9.17) is 11.6 Å². The average molecular weight is 286 g/mol. The van der Waals surface area contributed by atoms with Crippen LogP contribution in [0.15, 0.2) is 41.0 Å². The van der Waals surface area contributed by atoms with E-state index >= 15 is 0 Å². The van der Waals surface area contributed by atoms with Crippen LogP contribution in [0.5, 0.6) is 0 Å². The molecule has 2 nitrogen and oxygen atoms in total. The Morgan fingerprint density at radius 3 is 2.87 bits per heavy atom. The van der Waals surface area contributed by atoms with Crippen LogP contribution in [-0.2, 0) is 6.54 Å². The van der Waals surface area contributed by atoms with Gasteiger partial charge in [-0.1, -0.05) is 11.6 Å². The van der Waals surface area contributed by atoms with Crippen molar-refractivity contribution in [3.63, 3.8) is 0 Å². The first-order valence-electron chi connectivity index (χ1n) is 4.57. The van der Waals surface area contributed by atoms with Gasteiger partial charge in [0.2, 0.25) is 0 Å². The first kappa shape index (κ1) is 10.6. The number of rotatable bonds is 3. The molecule has 78 valence electrons. The highest BCUT2D eigenvalue weighted by Crippen LogP contribution is 2.25. The molecule has 1 aromatic heterocycles. The summed E-state index contributed by atoms with van der Waals surface area (Å²) in [5.74, 6) is 0. The fourth-order valence-electron chi connectivity index (χ4n) is 1.28. The van der Waals surface area contributed by atoms with Crippen molar-refractivity contribution < 1.29 is 0 Å². The highest BCUT2D eigenvalue weighted by Gasteiger charge is 1.98. The van der Waals surface area contributed by atoms with Gasteiger partial charge in [0.05, 0.1) is 11.6 Å². The van der Waals surface area contributed by atoms with E-state index in [0.29, 0.717) is 5.02 Å². The van der Waals surface area contributed by atoms with Crippen LogP contribution in [0.1, 0.15) is 5.69 Å². The first-order chi connectivity index (χ1) is 7.25. The molecule has 2 rings (SSSR count). The number of aromatic nitrogens is 1. The van der Waals surface area contributed by atoms with Crippen molar-refractivity contribution in [3.8, 4) is 0 Å². The second-order valence-electron chi connectivity index (χ2n) is 3.18. The van der Waals surface area contributed by atoms with Crippen molar-refractivity contribution in [2.24, 2.45) is 0 Å². The van der Waals surface area contributed by atoms with Gasteiger partial charge in [0, 0.05) is 22.1 Å². The number of anilines is 1. The predicted molar refractivity (Wildman–Crippen MR) is 67.3 cm³/mol. The molecule has 0 saturated heterocycles. The van der Waals surface area contributed by atoms with Crippen LogP contribution < -0.4 is 5.32 Å². The molecule has 0 unspecified atom stereocenters. The summed E-state index contributed by atoms with van der Waals surface area (Å²) in [6, 6.07) is 9.83. The van der Waals surface area contributed by atoms with E-state index in [1.165, 1.54) is 0 Å². The van der Waals surface area contributed by atoms with Crippen LogP contribution in [0.2, 0.25) is 5.02 Å². The third-order valence-electron chi connectivity index (χ3n) is 2.06. The summed E-state index contributed by atoms with van der Waals surface area (Å²) in [4.78, 5) is 3.13. The van der Waals surface area contributed by atoms with Gasteiger partial charge < -0.3 is 10.3 Å². The maximum Gasteiger partial charge on any atom is 0.0568 e. The molecule has 0 saturated carbocycles. The third kappa shape index (κ3) is 2.76. The molecule has 0 aliphatic rings. The molecule has 2 aromatic rings. The van der Waals surface area contributed by atoms with E-state index < -0.39 is 0 Å². The molecule has 1 heterocycles. The second-order valence-corrected chi connectivity index (χ2v) is 4.44. The van der Waals surface area contributed by atoms with Crippen LogP contribution in [0.25, 0.3) is 0 Å². The standard InChI is InChI=1S/C11H10BrClN2/c12-10-4-3-8(6-11(10)13)15-7-9-2-1-5-14-9/h1-6,14-15H,7H2. The summed E-state index contributed by atoms with van der Waals surface area (Å²) in [7, 11) is 0. The van der Waals surface area contributed by atoms with E-state index in [1.807, 2.05) is 36.5 Å². The van der Waals surface area contributed by atoms with Crippen LogP contribution >= 0.6 is 27.5 Å². The lowest BCUT2D eigenvalue weighted by Crippen LogP contribution is -1.99. The number of hydrogen-bond donors (Lipinski definition) is 2. The molecule has 0 fully saturated rings. The van der Waals surface area contributed by atoms with Gasteiger partial charge in [0.25, 0.3) is 0 Å². The molecule has 2 N–H and O–H groups in total. The fraction of sp³-hybridized carbons (Fsp3) is 0.0909. The molecule has 0 atom stereocenters. The summed E-state index contributed by atoms with van der Waals surface area (Å²) in [6.07, 6.45) is 1.91. The molecule has 0 bridgehead atoms. The number of halogens is 2. The fourth-order valence-corrected chi connectivity index (χ4v) is 1.71. The number of aromatic amines is 1. The van der Waals surface area contributed by atoms with Crippen molar-refractivity contribution in [1.29, 1.82) is 0 Å². The molecule has 0 amide bonds. The molecule has 0 radical (unpaired) electrons. The summed E-state index contributed by atoms with van der Waals surface area (Å²) in [6.45, 7) is 0.769. The van der Waals surface area contributed by atoms with E-state index in [9.17, 15) is 0 Å². The van der Waals surface area contributed by atoms with Gasteiger partial charge in [0.15, 0.2) is 0 Å². The van der Waals surface area contributed by atoms with Gasteiger partial charge in [0.1, 0.15) is 0 Å². The zero-order chi connectivity index (χ0) is 10.7. The SMILES string of the molecule is Clc1cc(NCc2ccc[nH]2)ccc1Br. The lowest BCUT2D eigenvalue weighted by atomic mass is 10.3. The van der Waals surface area contributed by atoms with Crippen LogP contribution in [0, 0.1) is 0 Å². The van der Waals surface area contributed by atoms with Gasteiger partial charge in [-0.15, -0.1) is 0 Å².